The van der Waals surface area contributed by atoms with Crippen molar-refractivity contribution >= 4 is 46.7 Å². The molecule has 1 atom stereocenters. The van der Waals surface area contributed by atoms with E-state index in [0.717, 1.165) is 0 Å². The lowest BCUT2D eigenvalue weighted by atomic mass is 10.1. The van der Waals surface area contributed by atoms with Gasteiger partial charge in [0.1, 0.15) is 12.4 Å². The first-order valence-corrected chi connectivity index (χ1v) is 6.75. The van der Waals surface area contributed by atoms with E-state index in [1.165, 1.54) is 17.1 Å². The van der Waals surface area contributed by atoms with Gasteiger partial charge in [-0.05, 0) is 18.2 Å². The summed E-state index contributed by atoms with van der Waals surface area (Å²) in [5.41, 5.74) is 0.415. The molecule has 2 aromatic rings. The van der Waals surface area contributed by atoms with Gasteiger partial charge in [-0.15, -0.1) is 0 Å². The van der Waals surface area contributed by atoms with E-state index in [1.807, 2.05) is 0 Å². The van der Waals surface area contributed by atoms with Crippen molar-refractivity contribution in [3.05, 3.63) is 34.6 Å². The molecule has 2 amide bonds. The number of benzene rings is 1. The first-order valence-electron chi connectivity index (χ1n) is 6.00. The SMILES string of the molecule is O=C1C[C@@H](C(=O)Nc2ccc(Cl)cc2Cl)n2ncnc2N1. The van der Waals surface area contributed by atoms with Crippen LogP contribution >= 0.6 is 23.2 Å². The molecule has 0 fully saturated rings. The van der Waals surface area contributed by atoms with Crippen LogP contribution < -0.4 is 10.6 Å². The first-order chi connectivity index (χ1) is 10.0. The second kappa shape index (κ2) is 5.34. The normalized spacial score (nSPS) is 17.0. The van der Waals surface area contributed by atoms with E-state index >= 15 is 0 Å². The average molecular weight is 326 g/mol. The summed E-state index contributed by atoms with van der Waals surface area (Å²) < 4.78 is 1.36. The Bertz CT molecular complexity index is 730. The average Bonchev–Trinajstić information content (AvgIpc) is 2.88. The van der Waals surface area contributed by atoms with Crippen molar-refractivity contribution in [3.8, 4) is 0 Å². The lowest BCUT2D eigenvalue weighted by Crippen LogP contribution is -2.36. The molecule has 0 spiro atoms. The molecule has 1 aliphatic rings. The number of hydrogen-bond donors (Lipinski definition) is 2. The quantitative estimate of drug-likeness (QED) is 0.884. The third kappa shape index (κ3) is 2.70. The van der Waals surface area contributed by atoms with E-state index in [4.69, 9.17) is 23.2 Å². The molecule has 0 unspecified atom stereocenters. The fourth-order valence-corrected chi connectivity index (χ4v) is 2.47. The molecule has 2 N–H and O–H groups in total. The third-order valence-electron chi connectivity index (χ3n) is 2.99. The van der Waals surface area contributed by atoms with E-state index < -0.39 is 11.9 Å². The summed E-state index contributed by atoms with van der Waals surface area (Å²) in [6, 6.07) is 3.95. The number of nitrogens with one attached hydrogen (secondary N) is 2. The third-order valence-corrected chi connectivity index (χ3v) is 3.54. The van der Waals surface area contributed by atoms with Crippen LogP contribution in [0.2, 0.25) is 10.0 Å². The molecule has 1 aliphatic heterocycles. The zero-order valence-corrected chi connectivity index (χ0v) is 12.0. The van der Waals surface area contributed by atoms with Crippen LogP contribution in [0.5, 0.6) is 0 Å². The Labute approximate surface area is 129 Å². The van der Waals surface area contributed by atoms with E-state index in [2.05, 4.69) is 20.7 Å². The number of carbonyl (C=O) groups is 2. The van der Waals surface area contributed by atoms with Crippen molar-refractivity contribution in [2.75, 3.05) is 10.6 Å². The second-order valence-corrected chi connectivity index (χ2v) is 5.25. The number of amides is 2. The molecule has 9 heteroatoms. The van der Waals surface area contributed by atoms with E-state index in [0.29, 0.717) is 15.7 Å². The van der Waals surface area contributed by atoms with Gasteiger partial charge in [0, 0.05) is 5.02 Å². The molecular weight excluding hydrogens is 317 g/mol. The summed E-state index contributed by atoms with van der Waals surface area (Å²) in [7, 11) is 0. The van der Waals surface area contributed by atoms with Crippen molar-refractivity contribution < 1.29 is 9.59 Å². The van der Waals surface area contributed by atoms with Crippen LogP contribution in [0.4, 0.5) is 11.6 Å². The molecule has 0 saturated carbocycles. The largest absolute Gasteiger partial charge is 0.323 e. The van der Waals surface area contributed by atoms with Gasteiger partial charge in [-0.1, -0.05) is 23.2 Å². The Balaban J connectivity index is 1.85. The standard InChI is InChI=1S/C12H9Cl2N5O2/c13-6-1-2-8(7(14)3-6)17-11(21)9-4-10(20)18-12-15-5-16-19(9)12/h1-3,5,9H,4H2,(H,17,21)(H,15,16,18,20)/t9-/m0/s1. The van der Waals surface area contributed by atoms with Gasteiger partial charge in [0.15, 0.2) is 0 Å². The molecule has 0 bridgehead atoms. The monoisotopic (exact) mass is 325 g/mol. The molecule has 7 nitrogen and oxygen atoms in total. The Morgan fingerprint density at radius 3 is 3.00 bits per heavy atom. The van der Waals surface area contributed by atoms with Gasteiger partial charge in [-0.2, -0.15) is 10.1 Å². The molecule has 0 aliphatic carbocycles. The van der Waals surface area contributed by atoms with Crippen molar-refractivity contribution in [1.29, 1.82) is 0 Å². The molecule has 2 heterocycles. The van der Waals surface area contributed by atoms with E-state index in [9.17, 15) is 9.59 Å². The topological polar surface area (TPSA) is 88.9 Å². The van der Waals surface area contributed by atoms with Gasteiger partial charge in [0.2, 0.25) is 17.8 Å². The van der Waals surface area contributed by atoms with Crippen LogP contribution in [0, 0.1) is 0 Å². The number of aromatic nitrogens is 3. The number of anilines is 2. The first kappa shape index (κ1) is 13.8. The molecule has 3 rings (SSSR count). The van der Waals surface area contributed by atoms with Gasteiger partial charge in [0.25, 0.3) is 0 Å². The summed E-state index contributed by atoms with van der Waals surface area (Å²) in [6.45, 7) is 0. The summed E-state index contributed by atoms with van der Waals surface area (Å²) in [4.78, 5) is 27.8. The van der Waals surface area contributed by atoms with Crippen LogP contribution in [0.15, 0.2) is 24.5 Å². The zero-order valence-electron chi connectivity index (χ0n) is 10.5. The van der Waals surface area contributed by atoms with Crippen LogP contribution in [0.1, 0.15) is 12.5 Å². The smallest absolute Gasteiger partial charge is 0.249 e. The Kier molecular flexibility index (Phi) is 3.52. The summed E-state index contributed by atoms with van der Waals surface area (Å²) >= 11 is 11.8. The molecule has 0 radical (unpaired) electrons. The van der Waals surface area contributed by atoms with E-state index in [-0.39, 0.29) is 18.3 Å². The minimum atomic E-state index is -0.775. The summed E-state index contributed by atoms with van der Waals surface area (Å²) in [6.07, 6.45) is 1.25. The maximum absolute atomic E-state index is 12.3. The number of fused-ring (bicyclic) bond motifs is 1. The lowest BCUT2D eigenvalue weighted by molar-refractivity contribution is -0.125. The lowest BCUT2D eigenvalue weighted by Gasteiger charge is -2.22. The number of halogens is 2. The highest BCUT2D eigenvalue weighted by molar-refractivity contribution is 6.36. The minimum Gasteiger partial charge on any atom is -0.323 e. The van der Waals surface area contributed by atoms with Gasteiger partial charge in [-0.3, -0.25) is 14.9 Å². The fraction of sp³-hybridized carbons (Fsp3) is 0.167. The highest BCUT2D eigenvalue weighted by atomic mass is 35.5. The number of nitrogens with zero attached hydrogens (tertiary/aromatic N) is 3. The predicted molar refractivity (Wildman–Crippen MR) is 77.4 cm³/mol. The van der Waals surface area contributed by atoms with Crippen molar-refractivity contribution in [3.63, 3.8) is 0 Å². The van der Waals surface area contributed by atoms with E-state index in [1.54, 1.807) is 12.1 Å². The molecule has 1 aromatic carbocycles. The summed E-state index contributed by atoms with van der Waals surface area (Å²) in [5, 5.41) is 9.92. The predicted octanol–water partition coefficient (Wildman–Crippen LogP) is 2.11. The number of rotatable bonds is 2. The van der Waals surface area contributed by atoms with Crippen molar-refractivity contribution in [2.45, 2.75) is 12.5 Å². The number of hydrogen-bond acceptors (Lipinski definition) is 4. The van der Waals surface area contributed by atoms with Crippen LogP contribution in [0.25, 0.3) is 0 Å². The molecule has 108 valence electrons. The van der Waals surface area contributed by atoms with Crippen LogP contribution in [0.3, 0.4) is 0 Å². The Morgan fingerprint density at radius 1 is 1.43 bits per heavy atom. The molecule has 0 saturated heterocycles. The Hall–Kier alpha value is -2.12. The molecular formula is C12H9Cl2N5O2. The zero-order chi connectivity index (χ0) is 15.0. The van der Waals surface area contributed by atoms with Crippen LogP contribution in [-0.2, 0) is 9.59 Å². The van der Waals surface area contributed by atoms with Gasteiger partial charge < -0.3 is 5.32 Å². The van der Waals surface area contributed by atoms with Gasteiger partial charge >= 0.3 is 0 Å². The van der Waals surface area contributed by atoms with Crippen molar-refractivity contribution in [2.24, 2.45) is 0 Å². The minimum absolute atomic E-state index is 0.0204. The maximum Gasteiger partial charge on any atom is 0.249 e. The van der Waals surface area contributed by atoms with Gasteiger partial charge in [0.05, 0.1) is 17.1 Å². The molecule has 1 aromatic heterocycles. The maximum atomic E-state index is 12.3. The fourth-order valence-electron chi connectivity index (χ4n) is 2.02. The summed E-state index contributed by atoms with van der Waals surface area (Å²) in [5.74, 6) is -0.452. The second-order valence-electron chi connectivity index (χ2n) is 4.41. The highest BCUT2D eigenvalue weighted by Gasteiger charge is 2.32. The van der Waals surface area contributed by atoms with Gasteiger partial charge in [-0.25, -0.2) is 4.68 Å². The Morgan fingerprint density at radius 2 is 2.24 bits per heavy atom. The van der Waals surface area contributed by atoms with Crippen LogP contribution in [-0.4, -0.2) is 26.6 Å². The molecule has 21 heavy (non-hydrogen) atoms. The number of carbonyl (C=O) groups excluding carboxylic acids is 2. The van der Waals surface area contributed by atoms with Crippen molar-refractivity contribution in [1.82, 2.24) is 14.8 Å². The highest BCUT2D eigenvalue weighted by Crippen LogP contribution is 2.28.